The van der Waals surface area contributed by atoms with E-state index in [2.05, 4.69) is 31.9 Å². The van der Waals surface area contributed by atoms with Crippen LogP contribution in [-0.2, 0) is 22.6 Å². The van der Waals surface area contributed by atoms with Crippen LogP contribution < -0.4 is 16.0 Å². The Bertz CT molecular complexity index is 1240. The molecule has 4 rings (SSSR count). The van der Waals surface area contributed by atoms with Crippen LogP contribution in [0, 0.1) is 0 Å². The zero-order chi connectivity index (χ0) is 23.4. The summed E-state index contributed by atoms with van der Waals surface area (Å²) in [6, 6.07) is 21.4. The number of carbonyl (C=O) groups excluding carboxylic acids is 1. The highest BCUT2D eigenvalue weighted by Gasteiger charge is 2.28. The summed E-state index contributed by atoms with van der Waals surface area (Å²) in [4.78, 5) is 24.0. The first-order valence-corrected chi connectivity index (χ1v) is 11.4. The van der Waals surface area contributed by atoms with Gasteiger partial charge in [0, 0.05) is 28.7 Å². The molecule has 1 aliphatic rings. The van der Waals surface area contributed by atoms with Crippen molar-refractivity contribution < 1.29 is 14.7 Å². The third-order valence-corrected chi connectivity index (χ3v) is 5.92. The van der Waals surface area contributed by atoms with Gasteiger partial charge in [-0.15, -0.1) is 0 Å². The van der Waals surface area contributed by atoms with Crippen molar-refractivity contribution in [1.29, 1.82) is 0 Å². The Morgan fingerprint density at radius 2 is 1.82 bits per heavy atom. The Kier molecular flexibility index (Phi) is 6.91. The number of amides is 1. The molecule has 7 heteroatoms. The average Bonchev–Trinajstić information content (AvgIpc) is 3.11. The van der Waals surface area contributed by atoms with Gasteiger partial charge in [0.15, 0.2) is 0 Å². The molecule has 3 aromatic rings. The lowest BCUT2D eigenvalue weighted by atomic mass is 9.98. The van der Waals surface area contributed by atoms with E-state index in [1.54, 1.807) is 0 Å². The maximum absolute atomic E-state index is 13.1. The second-order valence-corrected chi connectivity index (χ2v) is 8.76. The standard InChI is InChI=1S/C26H24BrN3O3/c1-28-15-17-3-2-4-20(13-17)29-25(18-8-5-16(6-9-18)7-12-23(31)32)24-21-11-10-19(27)14-22(21)30-26(24)33/h2-6,8-11,13-14,28-29H,7,12,15H2,1H3,(H,30,33)(H,31,32). The van der Waals surface area contributed by atoms with Crippen LogP contribution in [-0.4, -0.2) is 24.0 Å². The molecule has 1 heterocycles. The van der Waals surface area contributed by atoms with E-state index in [9.17, 15) is 9.59 Å². The highest BCUT2D eigenvalue weighted by atomic mass is 79.9. The maximum Gasteiger partial charge on any atom is 0.303 e. The van der Waals surface area contributed by atoms with Crippen LogP contribution in [0.4, 0.5) is 11.4 Å². The van der Waals surface area contributed by atoms with Gasteiger partial charge in [0.1, 0.15) is 0 Å². The van der Waals surface area contributed by atoms with Crippen molar-refractivity contribution in [3.63, 3.8) is 0 Å². The molecule has 1 aliphatic heterocycles. The van der Waals surface area contributed by atoms with Gasteiger partial charge in [-0.3, -0.25) is 9.59 Å². The molecule has 33 heavy (non-hydrogen) atoms. The lowest BCUT2D eigenvalue weighted by Gasteiger charge is -2.16. The number of fused-ring (bicyclic) bond motifs is 1. The number of hydrogen-bond donors (Lipinski definition) is 4. The minimum atomic E-state index is -0.824. The number of carboxylic acid groups (broad SMARTS) is 1. The van der Waals surface area contributed by atoms with E-state index in [0.29, 0.717) is 17.7 Å². The Morgan fingerprint density at radius 1 is 1.03 bits per heavy atom. The molecule has 0 spiro atoms. The number of aryl methyl sites for hydroxylation is 1. The Morgan fingerprint density at radius 3 is 2.55 bits per heavy atom. The van der Waals surface area contributed by atoms with Gasteiger partial charge in [-0.05, 0) is 54.4 Å². The van der Waals surface area contributed by atoms with Crippen LogP contribution in [0.1, 0.15) is 28.7 Å². The first-order valence-electron chi connectivity index (χ1n) is 10.6. The number of hydrogen-bond acceptors (Lipinski definition) is 4. The fraction of sp³-hybridized carbons (Fsp3) is 0.154. The second kappa shape index (κ2) is 10.0. The molecule has 3 aromatic carbocycles. The monoisotopic (exact) mass is 505 g/mol. The smallest absolute Gasteiger partial charge is 0.303 e. The zero-order valence-electron chi connectivity index (χ0n) is 18.1. The van der Waals surface area contributed by atoms with Crippen LogP contribution in [0.25, 0.3) is 11.3 Å². The van der Waals surface area contributed by atoms with Crippen LogP contribution in [0.3, 0.4) is 0 Å². The van der Waals surface area contributed by atoms with Gasteiger partial charge in [0.05, 0.1) is 17.0 Å². The molecule has 0 fully saturated rings. The molecule has 0 atom stereocenters. The minimum Gasteiger partial charge on any atom is -0.481 e. The molecular weight excluding hydrogens is 482 g/mol. The Labute approximate surface area is 200 Å². The SMILES string of the molecule is CNCc1cccc(NC(=C2C(=O)Nc3cc(Br)ccc32)c2ccc(CCC(=O)O)cc2)c1. The summed E-state index contributed by atoms with van der Waals surface area (Å²) in [5, 5.41) is 18.5. The molecule has 1 amide bonds. The van der Waals surface area contributed by atoms with E-state index < -0.39 is 5.97 Å². The lowest BCUT2D eigenvalue weighted by Crippen LogP contribution is -2.11. The molecule has 0 unspecified atom stereocenters. The lowest BCUT2D eigenvalue weighted by molar-refractivity contribution is -0.137. The fourth-order valence-corrected chi connectivity index (χ4v) is 4.23. The van der Waals surface area contributed by atoms with E-state index >= 15 is 0 Å². The Balaban J connectivity index is 1.78. The largest absolute Gasteiger partial charge is 0.481 e. The molecule has 0 saturated carbocycles. The van der Waals surface area contributed by atoms with E-state index in [0.717, 1.165) is 44.6 Å². The predicted molar refractivity (Wildman–Crippen MR) is 135 cm³/mol. The van der Waals surface area contributed by atoms with Gasteiger partial charge in [-0.2, -0.15) is 0 Å². The topological polar surface area (TPSA) is 90.5 Å². The normalized spacial score (nSPS) is 13.9. The average molecular weight is 506 g/mol. The summed E-state index contributed by atoms with van der Waals surface area (Å²) < 4.78 is 0.889. The molecule has 168 valence electrons. The quantitative estimate of drug-likeness (QED) is 0.319. The van der Waals surface area contributed by atoms with Crippen molar-refractivity contribution in [2.45, 2.75) is 19.4 Å². The number of benzene rings is 3. The summed E-state index contributed by atoms with van der Waals surface area (Å²) in [7, 11) is 1.90. The molecule has 0 bridgehead atoms. The van der Waals surface area contributed by atoms with E-state index in [1.807, 2.05) is 73.8 Å². The van der Waals surface area contributed by atoms with Crippen molar-refractivity contribution in [2.24, 2.45) is 0 Å². The van der Waals surface area contributed by atoms with Crippen molar-refractivity contribution in [2.75, 3.05) is 17.7 Å². The van der Waals surface area contributed by atoms with Gasteiger partial charge in [0.2, 0.25) is 0 Å². The molecule has 0 radical (unpaired) electrons. The van der Waals surface area contributed by atoms with E-state index in [-0.39, 0.29) is 12.3 Å². The van der Waals surface area contributed by atoms with Crippen LogP contribution in [0.15, 0.2) is 71.2 Å². The van der Waals surface area contributed by atoms with Crippen molar-refractivity contribution in [3.05, 3.63) is 93.5 Å². The third-order valence-electron chi connectivity index (χ3n) is 5.42. The number of anilines is 2. The number of halogens is 1. The molecule has 0 saturated heterocycles. The molecule has 0 aliphatic carbocycles. The summed E-state index contributed by atoms with van der Waals surface area (Å²) in [5.74, 6) is -0.998. The highest BCUT2D eigenvalue weighted by molar-refractivity contribution is 9.10. The number of nitrogens with one attached hydrogen (secondary N) is 3. The summed E-state index contributed by atoms with van der Waals surface area (Å²) >= 11 is 3.47. The van der Waals surface area contributed by atoms with Crippen LogP contribution >= 0.6 is 15.9 Å². The van der Waals surface area contributed by atoms with Crippen molar-refractivity contribution >= 4 is 50.5 Å². The first-order chi connectivity index (χ1) is 15.9. The van der Waals surface area contributed by atoms with E-state index in [1.165, 1.54) is 0 Å². The van der Waals surface area contributed by atoms with Crippen molar-refractivity contribution in [1.82, 2.24) is 5.32 Å². The van der Waals surface area contributed by atoms with Crippen molar-refractivity contribution in [3.8, 4) is 0 Å². The number of aliphatic carboxylic acids is 1. The first kappa shape index (κ1) is 22.8. The van der Waals surface area contributed by atoms with Gasteiger partial charge >= 0.3 is 5.97 Å². The number of carboxylic acids is 1. The minimum absolute atomic E-state index is 0.0778. The van der Waals surface area contributed by atoms with Crippen LogP contribution in [0.5, 0.6) is 0 Å². The van der Waals surface area contributed by atoms with E-state index in [4.69, 9.17) is 5.11 Å². The molecule has 6 nitrogen and oxygen atoms in total. The molecule has 0 aromatic heterocycles. The summed E-state index contributed by atoms with van der Waals surface area (Å²) in [6.45, 7) is 0.733. The maximum atomic E-state index is 13.1. The van der Waals surface area contributed by atoms with Gasteiger partial charge < -0.3 is 21.1 Å². The molecule has 4 N–H and O–H groups in total. The zero-order valence-corrected chi connectivity index (χ0v) is 19.7. The predicted octanol–water partition coefficient (Wildman–Crippen LogP) is 5.12. The number of rotatable bonds is 8. The van der Waals surface area contributed by atoms with Gasteiger partial charge in [-0.1, -0.05) is 58.4 Å². The summed E-state index contributed by atoms with van der Waals surface area (Å²) in [5.41, 5.74) is 6.61. The highest BCUT2D eigenvalue weighted by Crippen LogP contribution is 2.39. The van der Waals surface area contributed by atoms with Crippen LogP contribution in [0.2, 0.25) is 0 Å². The fourth-order valence-electron chi connectivity index (χ4n) is 3.87. The van der Waals surface area contributed by atoms with Gasteiger partial charge in [-0.25, -0.2) is 0 Å². The number of carbonyl (C=O) groups is 2. The summed E-state index contributed by atoms with van der Waals surface area (Å²) in [6.07, 6.45) is 0.535. The Hall–Kier alpha value is -3.42. The second-order valence-electron chi connectivity index (χ2n) is 7.84. The van der Waals surface area contributed by atoms with Gasteiger partial charge in [0.25, 0.3) is 5.91 Å². The third kappa shape index (κ3) is 5.32. The molecular formula is C26H24BrN3O3.